The third kappa shape index (κ3) is 3.25. The van der Waals surface area contributed by atoms with Crippen molar-refractivity contribution in [1.82, 2.24) is 0 Å². The summed E-state index contributed by atoms with van der Waals surface area (Å²) in [5.41, 5.74) is 2.20. The predicted octanol–water partition coefficient (Wildman–Crippen LogP) is 5.30. The summed E-state index contributed by atoms with van der Waals surface area (Å²) in [5.74, 6) is -0.759. The van der Waals surface area contributed by atoms with E-state index in [1.165, 1.54) is 12.1 Å². The zero-order valence-electron chi connectivity index (χ0n) is 10.1. The molecule has 2 aromatic rings. The first-order valence-corrected chi connectivity index (χ1v) is 6.78. The van der Waals surface area contributed by atoms with E-state index in [9.17, 15) is 8.78 Å². The van der Waals surface area contributed by atoms with Gasteiger partial charge >= 0.3 is 0 Å². The van der Waals surface area contributed by atoms with Gasteiger partial charge in [0.25, 0.3) is 0 Å². The summed E-state index contributed by atoms with van der Waals surface area (Å²) in [6.07, 6.45) is 0. The van der Waals surface area contributed by atoms with Gasteiger partial charge in [0.05, 0.1) is 9.50 Å². The predicted molar refractivity (Wildman–Crippen MR) is 77.6 cm³/mol. The number of anilines is 1. The van der Waals surface area contributed by atoms with E-state index in [1.54, 1.807) is 25.1 Å². The molecule has 0 aliphatic carbocycles. The monoisotopic (exact) mass is 345 g/mol. The van der Waals surface area contributed by atoms with Crippen LogP contribution in [0.3, 0.4) is 0 Å². The summed E-state index contributed by atoms with van der Waals surface area (Å²) in [4.78, 5) is 0. The van der Waals surface area contributed by atoms with Crippen molar-refractivity contribution in [3.63, 3.8) is 0 Å². The first-order chi connectivity index (χ1) is 8.99. The molecule has 100 valence electrons. The van der Waals surface area contributed by atoms with Crippen LogP contribution >= 0.6 is 27.5 Å². The fourth-order valence-corrected chi connectivity index (χ4v) is 2.25. The third-order valence-corrected chi connectivity index (χ3v) is 3.80. The van der Waals surface area contributed by atoms with Crippen molar-refractivity contribution in [2.75, 3.05) is 5.32 Å². The molecule has 5 heteroatoms. The molecule has 0 heterocycles. The van der Waals surface area contributed by atoms with Gasteiger partial charge in [0.15, 0.2) is 0 Å². The smallest absolute Gasteiger partial charge is 0.142 e. The van der Waals surface area contributed by atoms with Crippen LogP contribution in [0.1, 0.15) is 11.1 Å². The topological polar surface area (TPSA) is 12.0 Å². The van der Waals surface area contributed by atoms with Gasteiger partial charge in [0.2, 0.25) is 0 Å². The Balaban J connectivity index is 2.19. The summed E-state index contributed by atoms with van der Waals surface area (Å²) in [7, 11) is 0. The normalized spacial score (nSPS) is 10.6. The Morgan fingerprint density at radius 3 is 2.68 bits per heavy atom. The van der Waals surface area contributed by atoms with Gasteiger partial charge in [-0.3, -0.25) is 0 Å². The number of halogens is 4. The largest absolute Gasteiger partial charge is 0.381 e. The van der Waals surface area contributed by atoms with Gasteiger partial charge < -0.3 is 5.32 Å². The molecule has 0 fully saturated rings. The fourth-order valence-electron chi connectivity index (χ4n) is 1.71. The van der Waals surface area contributed by atoms with Crippen LogP contribution in [0, 0.1) is 18.6 Å². The van der Waals surface area contributed by atoms with Gasteiger partial charge in [-0.05, 0) is 52.2 Å². The van der Waals surface area contributed by atoms with Gasteiger partial charge in [-0.1, -0.05) is 23.7 Å². The highest BCUT2D eigenvalue weighted by Gasteiger charge is 2.08. The van der Waals surface area contributed by atoms with Crippen molar-refractivity contribution in [1.29, 1.82) is 0 Å². The fraction of sp³-hybridized carbons (Fsp3) is 0.143. The van der Waals surface area contributed by atoms with Crippen LogP contribution in [0.5, 0.6) is 0 Å². The van der Waals surface area contributed by atoms with Crippen molar-refractivity contribution in [3.8, 4) is 0 Å². The van der Waals surface area contributed by atoms with Crippen molar-refractivity contribution < 1.29 is 8.78 Å². The molecule has 0 aliphatic rings. The molecule has 0 aromatic heterocycles. The van der Waals surface area contributed by atoms with E-state index in [-0.39, 0.29) is 10.8 Å². The maximum Gasteiger partial charge on any atom is 0.142 e. The van der Waals surface area contributed by atoms with Gasteiger partial charge in [-0.2, -0.15) is 0 Å². The molecule has 0 aliphatic heterocycles. The van der Waals surface area contributed by atoms with E-state index in [4.69, 9.17) is 11.6 Å². The molecule has 19 heavy (non-hydrogen) atoms. The number of hydrogen-bond acceptors (Lipinski definition) is 1. The molecule has 2 rings (SSSR count). The molecule has 0 spiro atoms. The second kappa shape index (κ2) is 5.88. The van der Waals surface area contributed by atoms with Crippen molar-refractivity contribution >= 4 is 33.2 Å². The lowest BCUT2D eigenvalue weighted by atomic mass is 10.1. The minimum Gasteiger partial charge on any atom is -0.381 e. The maximum atomic E-state index is 13.3. The third-order valence-electron chi connectivity index (χ3n) is 2.77. The quantitative estimate of drug-likeness (QED) is 0.795. The van der Waals surface area contributed by atoms with E-state index < -0.39 is 5.82 Å². The Kier molecular flexibility index (Phi) is 4.42. The van der Waals surface area contributed by atoms with Crippen LogP contribution in [0.2, 0.25) is 5.02 Å². The first kappa shape index (κ1) is 14.3. The minimum atomic E-state index is -0.446. The molecular formula is C14H11BrClF2N. The first-order valence-electron chi connectivity index (χ1n) is 5.61. The summed E-state index contributed by atoms with van der Waals surface area (Å²) in [5, 5.41) is 3.22. The van der Waals surface area contributed by atoms with Gasteiger partial charge in [0.1, 0.15) is 11.6 Å². The Morgan fingerprint density at radius 2 is 1.95 bits per heavy atom. The van der Waals surface area contributed by atoms with Crippen LogP contribution in [0.15, 0.2) is 34.8 Å². The average molecular weight is 347 g/mol. The highest BCUT2D eigenvalue weighted by Crippen LogP contribution is 2.26. The number of hydrogen-bond donors (Lipinski definition) is 1. The van der Waals surface area contributed by atoms with Crippen LogP contribution < -0.4 is 5.32 Å². The molecule has 0 saturated carbocycles. The Bertz CT molecular complexity index is 617. The van der Waals surface area contributed by atoms with E-state index in [2.05, 4.69) is 21.2 Å². The number of aryl methyl sites for hydroxylation is 1. The highest BCUT2D eigenvalue weighted by atomic mass is 79.9. The molecule has 1 N–H and O–H groups in total. The molecule has 0 atom stereocenters. The Labute approximate surface area is 123 Å². The maximum absolute atomic E-state index is 13.3. The molecule has 2 aromatic carbocycles. The van der Waals surface area contributed by atoms with E-state index >= 15 is 0 Å². The molecule has 0 radical (unpaired) electrons. The SMILES string of the molecule is Cc1cc(F)c(Br)cc1NCc1cccc(F)c1Cl. The summed E-state index contributed by atoms with van der Waals surface area (Å²) < 4.78 is 27.0. The lowest BCUT2D eigenvalue weighted by molar-refractivity contribution is 0.620. The molecule has 0 amide bonds. The second-order valence-electron chi connectivity index (χ2n) is 4.15. The van der Waals surface area contributed by atoms with Gasteiger partial charge in [-0.15, -0.1) is 0 Å². The number of rotatable bonds is 3. The zero-order chi connectivity index (χ0) is 14.0. The second-order valence-corrected chi connectivity index (χ2v) is 5.38. The molecule has 1 nitrogen and oxygen atoms in total. The molecular weight excluding hydrogens is 336 g/mol. The van der Waals surface area contributed by atoms with E-state index in [0.29, 0.717) is 16.6 Å². The van der Waals surface area contributed by atoms with Crippen molar-refractivity contribution in [2.24, 2.45) is 0 Å². The Morgan fingerprint density at radius 1 is 1.21 bits per heavy atom. The summed E-state index contributed by atoms with van der Waals surface area (Å²) in [6.45, 7) is 2.17. The molecule has 0 bridgehead atoms. The Hall–Kier alpha value is -1.13. The van der Waals surface area contributed by atoms with Gasteiger partial charge in [-0.25, -0.2) is 8.78 Å². The minimum absolute atomic E-state index is 0.105. The van der Waals surface area contributed by atoms with E-state index in [0.717, 1.165) is 11.3 Å². The van der Waals surface area contributed by atoms with E-state index in [1.807, 2.05) is 0 Å². The summed E-state index contributed by atoms with van der Waals surface area (Å²) >= 11 is 9.00. The number of nitrogens with one attached hydrogen (secondary N) is 1. The highest BCUT2D eigenvalue weighted by molar-refractivity contribution is 9.10. The van der Waals surface area contributed by atoms with Crippen LogP contribution in [0.25, 0.3) is 0 Å². The number of benzene rings is 2. The van der Waals surface area contributed by atoms with Gasteiger partial charge in [0, 0.05) is 12.2 Å². The standard InChI is InChI=1S/C14H11BrClF2N/c1-8-5-12(18)10(15)6-13(8)19-7-9-3-2-4-11(17)14(9)16/h2-6,19H,7H2,1H3. The van der Waals surface area contributed by atoms with Crippen LogP contribution in [-0.2, 0) is 6.54 Å². The van der Waals surface area contributed by atoms with Crippen molar-refractivity contribution in [3.05, 3.63) is 62.6 Å². The van der Waals surface area contributed by atoms with Crippen LogP contribution in [-0.4, -0.2) is 0 Å². The zero-order valence-corrected chi connectivity index (χ0v) is 12.4. The summed E-state index contributed by atoms with van der Waals surface area (Å²) in [6, 6.07) is 7.74. The van der Waals surface area contributed by atoms with Crippen molar-refractivity contribution in [2.45, 2.75) is 13.5 Å². The molecule has 0 unspecified atom stereocenters. The molecule has 0 saturated heterocycles. The van der Waals surface area contributed by atoms with Crippen LogP contribution in [0.4, 0.5) is 14.5 Å². The lowest BCUT2D eigenvalue weighted by Gasteiger charge is -2.12. The average Bonchev–Trinajstić information content (AvgIpc) is 2.37. The lowest BCUT2D eigenvalue weighted by Crippen LogP contribution is -2.03.